The largest absolute Gasteiger partial charge is 0.481 e. The first-order valence-corrected chi connectivity index (χ1v) is 13.2. The molecular formula is C31H36N2O6. The van der Waals surface area contributed by atoms with Gasteiger partial charge in [0, 0.05) is 36.7 Å². The van der Waals surface area contributed by atoms with Gasteiger partial charge in [-0.05, 0) is 35.9 Å². The van der Waals surface area contributed by atoms with Gasteiger partial charge in [0.05, 0.1) is 25.2 Å². The van der Waals surface area contributed by atoms with Crippen molar-refractivity contribution in [2.75, 3.05) is 18.9 Å². The van der Waals surface area contributed by atoms with Crippen LogP contribution in [-0.2, 0) is 32.2 Å². The van der Waals surface area contributed by atoms with E-state index in [1.807, 2.05) is 54.6 Å². The Hall–Kier alpha value is -3.56. The van der Waals surface area contributed by atoms with E-state index in [0.717, 1.165) is 23.2 Å². The molecular weight excluding hydrogens is 496 g/mol. The van der Waals surface area contributed by atoms with Gasteiger partial charge < -0.3 is 25.0 Å². The maximum absolute atomic E-state index is 12.2. The minimum atomic E-state index is -1.02. The SMILES string of the molecule is C[C@@H]1[C@H](CN(C)Cc2ccccc2)O[C@H](c2cccc(NC(=O)CCC(=O)O)c2)O[C@@H]1c1ccc(CO)cc1. The Labute approximate surface area is 229 Å². The summed E-state index contributed by atoms with van der Waals surface area (Å²) in [7, 11) is 2.08. The molecule has 0 radical (unpaired) electrons. The van der Waals surface area contributed by atoms with Crippen molar-refractivity contribution in [3.8, 4) is 0 Å². The molecule has 3 aromatic carbocycles. The summed E-state index contributed by atoms with van der Waals surface area (Å²) in [6, 6.07) is 25.3. The number of carboxylic acid groups (broad SMARTS) is 1. The zero-order chi connectivity index (χ0) is 27.8. The number of anilines is 1. The number of aliphatic hydroxyl groups is 1. The van der Waals surface area contributed by atoms with Gasteiger partial charge in [-0.15, -0.1) is 0 Å². The molecule has 3 aromatic rings. The lowest BCUT2D eigenvalue weighted by Crippen LogP contribution is -2.43. The second-order valence-electron chi connectivity index (χ2n) is 10.1. The minimum absolute atomic E-state index is 0.0228. The molecule has 4 atom stereocenters. The number of carbonyl (C=O) groups excluding carboxylic acids is 1. The van der Waals surface area contributed by atoms with Crippen LogP contribution in [-0.4, -0.2) is 46.7 Å². The number of hydrogen-bond donors (Lipinski definition) is 3. The number of aliphatic hydroxyl groups excluding tert-OH is 1. The van der Waals surface area contributed by atoms with Crippen LogP contribution in [0.25, 0.3) is 0 Å². The van der Waals surface area contributed by atoms with Crippen molar-refractivity contribution in [2.45, 2.75) is 51.4 Å². The number of nitrogens with one attached hydrogen (secondary N) is 1. The Morgan fingerprint density at radius 2 is 1.64 bits per heavy atom. The van der Waals surface area contributed by atoms with Crippen molar-refractivity contribution in [3.63, 3.8) is 0 Å². The Morgan fingerprint density at radius 3 is 2.33 bits per heavy atom. The van der Waals surface area contributed by atoms with Crippen LogP contribution in [0.5, 0.6) is 0 Å². The molecule has 1 aliphatic rings. The summed E-state index contributed by atoms with van der Waals surface area (Å²) in [6.45, 7) is 3.57. The lowest BCUT2D eigenvalue weighted by atomic mass is 9.90. The third-order valence-corrected chi connectivity index (χ3v) is 6.92. The van der Waals surface area contributed by atoms with E-state index < -0.39 is 12.3 Å². The summed E-state index contributed by atoms with van der Waals surface area (Å²) < 4.78 is 13.1. The molecule has 8 nitrogen and oxygen atoms in total. The predicted molar refractivity (Wildman–Crippen MR) is 148 cm³/mol. The van der Waals surface area contributed by atoms with Gasteiger partial charge in [-0.3, -0.25) is 14.5 Å². The van der Waals surface area contributed by atoms with Crippen LogP contribution < -0.4 is 5.32 Å². The van der Waals surface area contributed by atoms with E-state index in [4.69, 9.17) is 14.6 Å². The standard InChI is InChI=1S/C31H36N2O6/c1-21-27(19-33(2)18-22-7-4-3-5-8-22)38-31(39-30(21)24-13-11-23(20-34)12-14-24)25-9-6-10-26(17-25)32-28(35)15-16-29(36)37/h3-14,17,21,27,30-31,34H,15-16,18-20H2,1-2H3,(H,32,35)(H,36,37)/t21-,27+,30+,31+/m1/s1. The predicted octanol–water partition coefficient (Wildman–Crippen LogP) is 4.91. The lowest BCUT2D eigenvalue weighted by molar-refractivity contribution is -0.276. The first-order valence-electron chi connectivity index (χ1n) is 13.2. The van der Waals surface area contributed by atoms with Crippen LogP contribution >= 0.6 is 0 Å². The summed E-state index contributed by atoms with van der Waals surface area (Å²) in [5.41, 5.74) is 4.36. The highest BCUT2D eigenvalue weighted by Crippen LogP contribution is 2.42. The number of carbonyl (C=O) groups is 2. The molecule has 39 heavy (non-hydrogen) atoms. The van der Waals surface area contributed by atoms with E-state index in [-0.39, 0.29) is 43.5 Å². The summed E-state index contributed by atoms with van der Waals surface area (Å²) >= 11 is 0. The van der Waals surface area contributed by atoms with E-state index in [2.05, 4.69) is 36.3 Å². The van der Waals surface area contributed by atoms with Gasteiger partial charge in [0.25, 0.3) is 0 Å². The van der Waals surface area contributed by atoms with E-state index in [9.17, 15) is 14.7 Å². The molecule has 0 saturated carbocycles. The van der Waals surface area contributed by atoms with E-state index >= 15 is 0 Å². The number of aliphatic carboxylic acids is 1. The van der Waals surface area contributed by atoms with Gasteiger partial charge in [-0.1, -0.05) is 73.7 Å². The molecule has 0 aliphatic carbocycles. The Kier molecular flexibility index (Phi) is 9.84. The molecule has 206 valence electrons. The van der Waals surface area contributed by atoms with Crippen molar-refractivity contribution in [2.24, 2.45) is 5.92 Å². The summed E-state index contributed by atoms with van der Waals surface area (Å²) in [5, 5.41) is 21.1. The first kappa shape index (κ1) is 28.4. The fraction of sp³-hybridized carbons (Fsp3) is 0.355. The lowest BCUT2D eigenvalue weighted by Gasteiger charge is -2.42. The highest BCUT2D eigenvalue weighted by atomic mass is 16.7. The molecule has 8 heteroatoms. The number of amides is 1. The van der Waals surface area contributed by atoms with E-state index in [0.29, 0.717) is 12.2 Å². The van der Waals surface area contributed by atoms with Crippen LogP contribution in [0.1, 0.15) is 54.4 Å². The van der Waals surface area contributed by atoms with Gasteiger partial charge in [-0.2, -0.15) is 0 Å². The summed E-state index contributed by atoms with van der Waals surface area (Å²) in [5.74, 6) is -1.34. The quantitative estimate of drug-likeness (QED) is 0.322. The monoisotopic (exact) mass is 532 g/mol. The number of likely N-dealkylation sites (N-methyl/N-ethyl adjacent to an activating group) is 1. The Balaban J connectivity index is 1.54. The molecule has 1 saturated heterocycles. The van der Waals surface area contributed by atoms with Gasteiger partial charge in [0.1, 0.15) is 0 Å². The van der Waals surface area contributed by atoms with Crippen molar-refractivity contribution < 1.29 is 29.3 Å². The van der Waals surface area contributed by atoms with Gasteiger partial charge in [0.15, 0.2) is 6.29 Å². The minimum Gasteiger partial charge on any atom is -0.481 e. The second-order valence-corrected chi connectivity index (χ2v) is 10.1. The van der Waals surface area contributed by atoms with Crippen LogP contribution in [0.4, 0.5) is 5.69 Å². The van der Waals surface area contributed by atoms with Crippen LogP contribution in [0, 0.1) is 5.92 Å². The number of carboxylic acids is 1. The van der Waals surface area contributed by atoms with Crippen LogP contribution in [0.15, 0.2) is 78.9 Å². The number of ether oxygens (including phenoxy) is 2. The van der Waals surface area contributed by atoms with Crippen LogP contribution in [0.2, 0.25) is 0 Å². The normalized spacial score (nSPS) is 21.0. The molecule has 1 amide bonds. The van der Waals surface area contributed by atoms with E-state index in [1.165, 1.54) is 5.56 Å². The maximum Gasteiger partial charge on any atom is 0.303 e. The third kappa shape index (κ3) is 7.97. The molecule has 0 unspecified atom stereocenters. The van der Waals surface area contributed by atoms with Crippen molar-refractivity contribution in [3.05, 3.63) is 101 Å². The fourth-order valence-corrected chi connectivity index (χ4v) is 4.80. The fourth-order valence-electron chi connectivity index (χ4n) is 4.80. The second kappa shape index (κ2) is 13.5. The van der Waals surface area contributed by atoms with Crippen molar-refractivity contribution >= 4 is 17.6 Å². The molecule has 1 fully saturated rings. The smallest absolute Gasteiger partial charge is 0.303 e. The molecule has 4 rings (SSSR count). The molecule has 1 aliphatic heterocycles. The van der Waals surface area contributed by atoms with Gasteiger partial charge in [0.2, 0.25) is 5.91 Å². The van der Waals surface area contributed by atoms with Crippen molar-refractivity contribution in [1.29, 1.82) is 0 Å². The first-order chi connectivity index (χ1) is 18.8. The van der Waals surface area contributed by atoms with Gasteiger partial charge in [-0.25, -0.2) is 0 Å². The highest BCUT2D eigenvalue weighted by Gasteiger charge is 2.38. The van der Waals surface area contributed by atoms with E-state index in [1.54, 1.807) is 12.1 Å². The Bertz CT molecular complexity index is 1230. The Morgan fingerprint density at radius 1 is 0.897 bits per heavy atom. The summed E-state index contributed by atoms with van der Waals surface area (Å²) in [6.07, 6.45) is -1.40. The van der Waals surface area contributed by atoms with Crippen molar-refractivity contribution in [1.82, 2.24) is 4.90 Å². The maximum atomic E-state index is 12.2. The van der Waals surface area contributed by atoms with Gasteiger partial charge >= 0.3 is 5.97 Å². The molecule has 0 bridgehead atoms. The average molecular weight is 533 g/mol. The number of benzene rings is 3. The third-order valence-electron chi connectivity index (χ3n) is 6.92. The number of rotatable bonds is 11. The average Bonchev–Trinajstić information content (AvgIpc) is 2.94. The number of hydrogen-bond acceptors (Lipinski definition) is 6. The summed E-state index contributed by atoms with van der Waals surface area (Å²) in [4.78, 5) is 25.2. The molecule has 1 heterocycles. The highest BCUT2D eigenvalue weighted by molar-refractivity contribution is 5.92. The zero-order valence-electron chi connectivity index (χ0n) is 22.3. The molecule has 0 aromatic heterocycles. The molecule has 3 N–H and O–H groups in total. The topological polar surface area (TPSA) is 108 Å². The number of nitrogens with zero attached hydrogens (tertiary/aromatic N) is 1. The molecule has 0 spiro atoms. The van der Waals surface area contributed by atoms with Crippen LogP contribution in [0.3, 0.4) is 0 Å². The zero-order valence-corrected chi connectivity index (χ0v) is 22.3.